The number of nitriles is 1. The van der Waals surface area contributed by atoms with Crippen LogP contribution in [0.2, 0.25) is 0 Å². The number of halogens is 2. The molecule has 6 nitrogen and oxygen atoms in total. The third kappa shape index (κ3) is 3.69. The van der Waals surface area contributed by atoms with Crippen LogP contribution in [0, 0.1) is 23.0 Å². The maximum atomic E-state index is 15.4. The zero-order chi connectivity index (χ0) is 25.9. The van der Waals surface area contributed by atoms with Gasteiger partial charge < -0.3 is 10.6 Å². The van der Waals surface area contributed by atoms with Gasteiger partial charge in [0, 0.05) is 35.7 Å². The van der Waals surface area contributed by atoms with Crippen LogP contribution in [0.5, 0.6) is 0 Å². The van der Waals surface area contributed by atoms with E-state index in [0.717, 1.165) is 37.5 Å². The van der Waals surface area contributed by atoms with Gasteiger partial charge in [-0.05, 0) is 79.1 Å². The van der Waals surface area contributed by atoms with Gasteiger partial charge in [0.15, 0.2) is 0 Å². The number of nitrogens with two attached hydrogens (primary N) is 1. The summed E-state index contributed by atoms with van der Waals surface area (Å²) in [5.74, 6) is -1.31. The third-order valence-electron chi connectivity index (χ3n) is 7.91. The highest BCUT2D eigenvalue weighted by atomic mass is 19.1. The maximum absolute atomic E-state index is 15.4. The van der Waals surface area contributed by atoms with E-state index in [1.807, 2.05) is 11.0 Å². The van der Waals surface area contributed by atoms with Crippen LogP contribution in [0.4, 0.5) is 8.78 Å². The molecule has 2 aliphatic heterocycles. The van der Waals surface area contributed by atoms with Crippen molar-refractivity contribution >= 4 is 16.8 Å². The molecular weight excluding hydrogens is 472 g/mol. The monoisotopic (exact) mass is 497 g/mol. The molecule has 2 saturated heterocycles. The molecule has 2 bridgehead atoms. The molecule has 2 aliphatic rings. The summed E-state index contributed by atoms with van der Waals surface area (Å²) in [5, 5.41) is 14.1. The van der Waals surface area contributed by atoms with Crippen molar-refractivity contribution < 1.29 is 13.6 Å². The molecule has 3 heterocycles. The number of hydrogen-bond acceptors (Lipinski definition) is 4. The average Bonchev–Trinajstić information content (AvgIpc) is 3.34. The lowest BCUT2D eigenvalue weighted by molar-refractivity contribution is 0.0359. The van der Waals surface area contributed by atoms with Crippen molar-refractivity contribution in [2.75, 3.05) is 0 Å². The van der Waals surface area contributed by atoms with Crippen molar-refractivity contribution in [1.29, 1.82) is 5.26 Å². The van der Waals surface area contributed by atoms with Crippen LogP contribution < -0.4 is 5.73 Å². The molecule has 2 unspecified atom stereocenters. The number of fused-ring (bicyclic) bond motifs is 3. The summed E-state index contributed by atoms with van der Waals surface area (Å²) in [6.45, 7) is 0. The Morgan fingerprint density at radius 1 is 1.05 bits per heavy atom. The van der Waals surface area contributed by atoms with Crippen molar-refractivity contribution in [3.8, 4) is 28.3 Å². The minimum Gasteiger partial charge on any atom is -0.318 e. The van der Waals surface area contributed by atoms with E-state index in [1.54, 1.807) is 48.3 Å². The highest BCUT2D eigenvalue weighted by Crippen LogP contribution is 2.43. The average molecular weight is 498 g/mol. The Labute approximate surface area is 212 Å². The molecule has 6 rings (SSSR count). The molecule has 186 valence electrons. The molecule has 3 aromatic carbocycles. The quantitative estimate of drug-likeness (QED) is 0.405. The van der Waals surface area contributed by atoms with E-state index >= 15 is 4.39 Å². The zero-order valence-corrected chi connectivity index (χ0v) is 20.3. The molecule has 0 aliphatic carbocycles. The highest BCUT2D eigenvalue weighted by molar-refractivity contribution is 5.99. The first kappa shape index (κ1) is 23.3. The number of amides is 1. The molecule has 1 aromatic heterocycles. The second-order valence-electron chi connectivity index (χ2n) is 10.1. The predicted molar refractivity (Wildman–Crippen MR) is 136 cm³/mol. The number of rotatable bonds is 3. The molecule has 37 heavy (non-hydrogen) atoms. The largest absolute Gasteiger partial charge is 0.318 e. The Hall–Kier alpha value is -4.09. The first-order valence-corrected chi connectivity index (χ1v) is 12.4. The lowest BCUT2D eigenvalue weighted by Crippen LogP contribution is -2.58. The topological polar surface area (TPSA) is 87.9 Å². The summed E-state index contributed by atoms with van der Waals surface area (Å²) in [5.41, 5.74) is 8.71. The van der Waals surface area contributed by atoms with Crippen LogP contribution in [0.25, 0.3) is 33.2 Å². The summed E-state index contributed by atoms with van der Waals surface area (Å²) in [7, 11) is 1.74. The summed E-state index contributed by atoms with van der Waals surface area (Å²) in [4.78, 5) is 15.6. The van der Waals surface area contributed by atoms with Gasteiger partial charge in [0.25, 0.3) is 5.91 Å². The summed E-state index contributed by atoms with van der Waals surface area (Å²) in [6, 6.07) is 14.4. The van der Waals surface area contributed by atoms with Gasteiger partial charge in [-0.25, -0.2) is 8.78 Å². The summed E-state index contributed by atoms with van der Waals surface area (Å²) in [6.07, 6.45) is 5.99. The van der Waals surface area contributed by atoms with Gasteiger partial charge >= 0.3 is 0 Å². The lowest BCUT2D eigenvalue weighted by Gasteiger charge is -2.42. The number of carbonyl (C=O) groups is 1. The maximum Gasteiger partial charge on any atom is 0.255 e. The van der Waals surface area contributed by atoms with Crippen molar-refractivity contribution in [3.63, 3.8) is 0 Å². The van der Waals surface area contributed by atoms with Crippen molar-refractivity contribution in [1.82, 2.24) is 14.7 Å². The number of nitrogens with zero attached hydrogens (tertiary/aromatic N) is 4. The number of benzene rings is 3. The van der Waals surface area contributed by atoms with E-state index in [1.165, 1.54) is 18.2 Å². The number of aryl methyl sites for hydroxylation is 1. The highest BCUT2D eigenvalue weighted by Gasteiger charge is 2.48. The van der Waals surface area contributed by atoms with Crippen molar-refractivity contribution in [3.05, 3.63) is 77.5 Å². The Balaban J connectivity index is 1.52. The Kier molecular flexibility index (Phi) is 5.35. The van der Waals surface area contributed by atoms with Crippen LogP contribution in [0.15, 0.2) is 54.7 Å². The van der Waals surface area contributed by atoms with Gasteiger partial charge in [0.2, 0.25) is 0 Å². The second kappa shape index (κ2) is 8.49. The number of aromatic nitrogens is 2. The van der Waals surface area contributed by atoms with Gasteiger partial charge in [-0.1, -0.05) is 12.1 Å². The van der Waals surface area contributed by atoms with Crippen LogP contribution in [-0.4, -0.2) is 32.3 Å². The van der Waals surface area contributed by atoms with Gasteiger partial charge in [-0.2, -0.15) is 10.4 Å². The molecule has 0 spiro atoms. The standard InChI is InChI=1S/C29H25F2N5O/c1-35-27-14-26(31)24(12-20(27)16-34-35)22-7-6-18(11-23(22)17-4-5-19(15-32)25(30)13-17)28(37)36-21-3-2-9-29(36,33)10-8-21/h4-7,11-14,16,21H,2-3,8-10,33H2,1H3. The summed E-state index contributed by atoms with van der Waals surface area (Å²) < 4.78 is 31.7. The summed E-state index contributed by atoms with van der Waals surface area (Å²) >= 11 is 0. The fourth-order valence-electron chi connectivity index (χ4n) is 6.00. The van der Waals surface area contributed by atoms with Crippen molar-refractivity contribution in [2.24, 2.45) is 12.8 Å². The van der Waals surface area contributed by atoms with E-state index in [0.29, 0.717) is 33.3 Å². The lowest BCUT2D eigenvalue weighted by atomic mass is 9.90. The fraction of sp³-hybridized carbons (Fsp3) is 0.276. The molecule has 0 radical (unpaired) electrons. The molecule has 4 aromatic rings. The first-order valence-electron chi connectivity index (χ1n) is 12.4. The minimum atomic E-state index is -0.680. The normalized spacial score (nSPS) is 20.8. The minimum absolute atomic E-state index is 0.0875. The SMILES string of the molecule is Cn1ncc2cc(-c3ccc(C(=O)N4C5CCCC4(N)CC5)cc3-c3ccc(C#N)c(F)c3)c(F)cc21. The first-order chi connectivity index (χ1) is 17.8. The smallest absolute Gasteiger partial charge is 0.255 e. The van der Waals surface area contributed by atoms with Crippen molar-refractivity contribution in [2.45, 2.75) is 43.8 Å². The molecule has 8 heteroatoms. The molecule has 1 amide bonds. The molecule has 0 saturated carbocycles. The fourth-order valence-corrected chi connectivity index (χ4v) is 6.00. The van der Waals surface area contributed by atoms with Crippen LogP contribution in [-0.2, 0) is 7.05 Å². The predicted octanol–water partition coefficient (Wildman–Crippen LogP) is 5.50. The molecule has 2 N–H and O–H groups in total. The van der Waals surface area contributed by atoms with E-state index in [-0.39, 0.29) is 17.5 Å². The van der Waals surface area contributed by atoms with Crippen LogP contribution >= 0.6 is 0 Å². The van der Waals surface area contributed by atoms with E-state index in [9.17, 15) is 14.4 Å². The molecule has 2 atom stereocenters. The number of piperidine rings is 1. The van der Waals surface area contributed by atoms with Gasteiger partial charge in [0.05, 0.1) is 22.9 Å². The van der Waals surface area contributed by atoms with Gasteiger partial charge in [-0.15, -0.1) is 0 Å². The Morgan fingerprint density at radius 2 is 1.89 bits per heavy atom. The second-order valence-corrected chi connectivity index (χ2v) is 10.1. The van der Waals surface area contributed by atoms with E-state index in [2.05, 4.69) is 5.10 Å². The number of carbonyl (C=O) groups excluding carboxylic acids is 1. The number of hydrogen-bond donors (Lipinski definition) is 1. The zero-order valence-electron chi connectivity index (χ0n) is 20.3. The van der Waals surface area contributed by atoms with Crippen LogP contribution in [0.1, 0.15) is 48.0 Å². The van der Waals surface area contributed by atoms with Gasteiger partial charge in [-0.3, -0.25) is 9.48 Å². The van der Waals surface area contributed by atoms with E-state index < -0.39 is 17.3 Å². The Bertz CT molecular complexity index is 1620. The van der Waals surface area contributed by atoms with Crippen LogP contribution in [0.3, 0.4) is 0 Å². The molecule has 2 fully saturated rings. The molecular formula is C29H25F2N5O. The Morgan fingerprint density at radius 3 is 2.65 bits per heavy atom. The van der Waals surface area contributed by atoms with E-state index in [4.69, 9.17) is 5.73 Å². The third-order valence-corrected chi connectivity index (χ3v) is 7.91. The van der Waals surface area contributed by atoms with Gasteiger partial charge in [0.1, 0.15) is 17.7 Å².